The van der Waals surface area contributed by atoms with E-state index in [1.54, 1.807) is 11.3 Å². The number of nitrogens with two attached hydrogens (primary N) is 1. The average Bonchev–Trinajstić information content (AvgIpc) is 2.70. The van der Waals surface area contributed by atoms with E-state index in [1.807, 2.05) is 0 Å². The zero-order valence-electron chi connectivity index (χ0n) is 12.1. The fourth-order valence-corrected chi connectivity index (χ4v) is 3.80. The highest BCUT2D eigenvalue weighted by atomic mass is 32.1. The van der Waals surface area contributed by atoms with Gasteiger partial charge in [-0.3, -0.25) is 4.79 Å². The summed E-state index contributed by atoms with van der Waals surface area (Å²) < 4.78 is 0. The van der Waals surface area contributed by atoms with Crippen molar-refractivity contribution in [3.8, 4) is 0 Å². The van der Waals surface area contributed by atoms with Crippen molar-refractivity contribution < 1.29 is 10.0 Å². The predicted molar refractivity (Wildman–Crippen MR) is 79.9 cm³/mol. The maximum absolute atomic E-state index is 12.4. The Labute approximate surface area is 122 Å². The van der Waals surface area contributed by atoms with E-state index in [4.69, 9.17) is 10.9 Å². The van der Waals surface area contributed by atoms with Crippen LogP contribution in [0.15, 0.2) is 11.2 Å². The normalized spacial score (nSPS) is 26.1. The SMILES string of the molecule is Cc1cc(CNC(=O)C2(C(N)=NO)CC(C)C2)sc1C. The van der Waals surface area contributed by atoms with Gasteiger partial charge in [0.2, 0.25) is 5.91 Å². The number of hydrogen-bond donors (Lipinski definition) is 3. The second-order valence-corrected chi connectivity index (χ2v) is 7.06. The lowest BCUT2D eigenvalue weighted by molar-refractivity contribution is -0.133. The van der Waals surface area contributed by atoms with E-state index in [1.165, 1.54) is 10.4 Å². The van der Waals surface area contributed by atoms with E-state index in [0.717, 1.165) is 4.88 Å². The molecule has 0 spiro atoms. The summed E-state index contributed by atoms with van der Waals surface area (Å²) in [4.78, 5) is 14.8. The van der Waals surface area contributed by atoms with Gasteiger partial charge >= 0.3 is 0 Å². The van der Waals surface area contributed by atoms with Gasteiger partial charge in [0, 0.05) is 9.75 Å². The zero-order valence-corrected chi connectivity index (χ0v) is 12.9. The van der Waals surface area contributed by atoms with Crippen LogP contribution in [-0.2, 0) is 11.3 Å². The monoisotopic (exact) mass is 295 g/mol. The molecule has 6 heteroatoms. The topological polar surface area (TPSA) is 87.7 Å². The van der Waals surface area contributed by atoms with Crippen molar-refractivity contribution in [3.05, 3.63) is 21.4 Å². The first-order valence-electron chi connectivity index (χ1n) is 6.71. The predicted octanol–water partition coefficient (Wildman–Crippen LogP) is 2.14. The summed E-state index contributed by atoms with van der Waals surface area (Å²) in [7, 11) is 0. The molecule has 1 aliphatic carbocycles. The maximum atomic E-state index is 12.4. The van der Waals surface area contributed by atoms with Gasteiger partial charge in [-0.1, -0.05) is 12.1 Å². The summed E-state index contributed by atoms with van der Waals surface area (Å²) in [6.45, 7) is 6.68. The molecule has 0 saturated heterocycles. The van der Waals surface area contributed by atoms with E-state index in [0.29, 0.717) is 25.3 Å². The fourth-order valence-electron chi connectivity index (χ4n) is 2.81. The van der Waals surface area contributed by atoms with Crippen molar-refractivity contribution in [3.63, 3.8) is 0 Å². The van der Waals surface area contributed by atoms with Crippen LogP contribution in [-0.4, -0.2) is 17.0 Å². The zero-order chi connectivity index (χ0) is 14.9. The fraction of sp³-hybridized carbons (Fsp3) is 0.571. The molecule has 0 aliphatic heterocycles. The van der Waals surface area contributed by atoms with Crippen molar-refractivity contribution >= 4 is 23.1 Å². The molecule has 2 rings (SSSR count). The van der Waals surface area contributed by atoms with Gasteiger partial charge in [0.05, 0.1) is 6.54 Å². The van der Waals surface area contributed by atoms with E-state index >= 15 is 0 Å². The van der Waals surface area contributed by atoms with E-state index in [2.05, 4.69) is 37.3 Å². The highest BCUT2D eigenvalue weighted by Crippen LogP contribution is 2.45. The van der Waals surface area contributed by atoms with Crippen LogP contribution in [0.1, 0.15) is 35.1 Å². The molecule has 0 bridgehead atoms. The molecule has 1 aromatic heterocycles. The van der Waals surface area contributed by atoms with Gasteiger partial charge in [-0.05, 0) is 44.2 Å². The van der Waals surface area contributed by atoms with Crippen molar-refractivity contribution in [2.75, 3.05) is 0 Å². The second-order valence-electron chi connectivity index (χ2n) is 5.72. The highest BCUT2D eigenvalue weighted by Gasteiger charge is 2.52. The number of carbonyl (C=O) groups is 1. The molecule has 1 aliphatic rings. The Hall–Kier alpha value is -1.56. The molecular formula is C14H21N3O2S. The van der Waals surface area contributed by atoms with Crippen LogP contribution >= 0.6 is 11.3 Å². The number of oxime groups is 1. The van der Waals surface area contributed by atoms with Gasteiger partial charge in [0.25, 0.3) is 0 Å². The Kier molecular flexibility index (Phi) is 4.04. The number of amides is 1. The Morgan fingerprint density at radius 2 is 2.25 bits per heavy atom. The molecule has 5 nitrogen and oxygen atoms in total. The van der Waals surface area contributed by atoms with Crippen LogP contribution in [0.25, 0.3) is 0 Å². The van der Waals surface area contributed by atoms with Gasteiger partial charge in [-0.15, -0.1) is 11.3 Å². The van der Waals surface area contributed by atoms with Gasteiger partial charge in [0.15, 0.2) is 5.84 Å². The number of amidine groups is 1. The van der Waals surface area contributed by atoms with E-state index < -0.39 is 5.41 Å². The lowest BCUT2D eigenvalue weighted by Gasteiger charge is -2.43. The minimum absolute atomic E-state index is 0.0200. The molecule has 1 saturated carbocycles. The van der Waals surface area contributed by atoms with Gasteiger partial charge in [-0.2, -0.15) is 0 Å². The van der Waals surface area contributed by atoms with Crippen molar-refractivity contribution in [2.24, 2.45) is 22.2 Å². The molecular weight excluding hydrogens is 274 g/mol. The van der Waals surface area contributed by atoms with Crippen molar-refractivity contribution in [2.45, 2.75) is 40.2 Å². The Bertz CT molecular complexity index is 525. The number of nitrogens with one attached hydrogen (secondary N) is 1. The largest absolute Gasteiger partial charge is 0.409 e. The van der Waals surface area contributed by atoms with Crippen LogP contribution in [0.3, 0.4) is 0 Å². The van der Waals surface area contributed by atoms with Gasteiger partial charge < -0.3 is 16.3 Å². The highest BCUT2D eigenvalue weighted by molar-refractivity contribution is 7.12. The molecule has 110 valence electrons. The van der Waals surface area contributed by atoms with Crippen LogP contribution < -0.4 is 11.1 Å². The molecule has 0 aromatic carbocycles. The number of hydrogen-bond acceptors (Lipinski definition) is 4. The molecule has 0 atom stereocenters. The standard InChI is InChI=1S/C14H21N3O2S/c1-8-5-14(6-8,12(15)17-19)13(18)16-7-11-4-9(2)10(3)20-11/h4,8,19H,5-7H2,1-3H3,(H2,15,17)(H,16,18). The number of aryl methyl sites for hydroxylation is 2. The lowest BCUT2D eigenvalue weighted by atomic mass is 9.61. The number of carbonyl (C=O) groups excluding carboxylic acids is 1. The third-order valence-corrected chi connectivity index (χ3v) is 5.22. The Morgan fingerprint density at radius 3 is 2.70 bits per heavy atom. The summed E-state index contributed by atoms with van der Waals surface area (Å²) >= 11 is 1.68. The average molecular weight is 295 g/mol. The quantitative estimate of drug-likeness (QED) is 0.344. The third-order valence-electron chi connectivity index (χ3n) is 4.07. The number of nitrogens with zero attached hydrogens (tertiary/aromatic N) is 1. The molecule has 1 heterocycles. The van der Waals surface area contributed by atoms with Crippen LogP contribution in [0.2, 0.25) is 0 Å². The summed E-state index contributed by atoms with van der Waals surface area (Å²) in [5, 5.41) is 14.8. The summed E-state index contributed by atoms with van der Waals surface area (Å²) in [6.07, 6.45) is 1.27. The molecule has 1 aromatic rings. The second kappa shape index (κ2) is 5.44. The third kappa shape index (κ3) is 2.52. The molecule has 0 radical (unpaired) electrons. The minimum atomic E-state index is -0.824. The van der Waals surface area contributed by atoms with Crippen LogP contribution in [0.5, 0.6) is 0 Å². The van der Waals surface area contributed by atoms with Crippen LogP contribution in [0.4, 0.5) is 0 Å². The number of thiophene rings is 1. The van der Waals surface area contributed by atoms with E-state index in [9.17, 15) is 4.79 Å². The van der Waals surface area contributed by atoms with E-state index in [-0.39, 0.29) is 11.7 Å². The minimum Gasteiger partial charge on any atom is -0.409 e. The first-order valence-corrected chi connectivity index (χ1v) is 7.53. The molecule has 1 fully saturated rings. The van der Waals surface area contributed by atoms with Gasteiger partial charge in [-0.25, -0.2) is 0 Å². The molecule has 1 amide bonds. The van der Waals surface area contributed by atoms with Crippen molar-refractivity contribution in [1.82, 2.24) is 5.32 Å². The molecule has 20 heavy (non-hydrogen) atoms. The van der Waals surface area contributed by atoms with Gasteiger partial charge in [0.1, 0.15) is 5.41 Å². The first kappa shape index (κ1) is 14.8. The molecule has 4 N–H and O–H groups in total. The Balaban J connectivity index is 2.03. The smallest absolute Gasteiger partial charge is 0.234 e. The summed E-state index contributed by atoms with van der Waals surface area (Å²) in [5.41, 5.74) is 6.13. The number of rotatable bonds is 4. The molecule has 0 unspecified atom stereocenters. The lowest BCUT2D eigenvalue weighted by Crippen LogP contribution is -2.56. The Morgan fingerprint density at radius 1 is 1.60 bits per heavy atom. The summed E-state index contributed by atoms with van der Waals surface area (Å²) in [5.74, 6) is 0.300. The first-order chi connectivity index (χ1) is 9.39. The van der Waals surface area contributed by atoms with Crippen molar-refractivity contribution in [1.29, 1.82) is 0 Å². The van der Waals surface area contributed by atoms with Crippen LogP contribution in [0, 0.1) is 25.2 Å². The summed E-state index contributed by atoms with van der Waals surface area (Å²) in [6, 6.07) is 2.08. The maximum Gasteiger partial charge on any atom is 0.234 e.